The van der Waals surface area contributed by atoms with Crippen molar-refractivity contribution in [2.75, 3.05) is 12.8 Å². The summed E-state index contributed by atoms with van der Waals surface area (Å²) in [6, 6.07) is 0.316. The summed E-state index contributed by atoms with van der Waals surface area (Å²) >= 11 is 3.51. The van der Waals surface area contributed by atoms with Gasteiger partial charge in [0.2, 0.25) is 5.88 Å². The molecule has 5 nitrogen and oxygen atoms in total. The number of rotatable bonds is 3. The Morgan fingerprint density at radius 2 is 2.25 bits per heavy atom. The molecule has 0 radical (unpaired) electrons. The molecule has 1 aliphatic rings. The number of ether oxygens (including phenoxy) is 1. The van der Waals surface area contributed by atoms with Gasteiger partial charge in [-0.1, -0.05) is 0 Å². The van der Waals surface area contributed by atoms with Gasteiger partial charge < -0.3 is 15.8 Å². The van der Waals surface area contributed by atoms with Crippen LogP contribution in [0.4, 0.5) is 5.69 Å². The zero-order valence-electron chi connectivity index (χ0n) is 11.1. The number of carbonyl (C=O) groups is 1. The van der Waals surface area contributed by atoms with Crippen LogP contribution >= 0.6 is 33.9 Å². The van der Waals surface area contributed by atoms with Gasteiger partial charge in [0.05, 0.1) is 16.4 Å². The molecule has 2 aromatic rings. The summed E-state index contributed by atoms with van der Waals surface area (Å²) in [4.78, 5) is 17.9. The van der Waals surface area contributed by atoms with Crippen molar-refractivity contribution in [2.24, 2.45) is 0 Å². The molecule has 0 unspecified atom stereocenters. The number of nitrogens with one attached hydrogen (secondary N) is 1. The fourth-order valence-electron chi connectivity index (χ4n) is 2.07. The van der Waals surface area contributed by atoms with Crippen LogP contribution in [-0.2, 0) is 0 Å². The van der Waals surface area contributed by atoms with Gasteiger partial charge in [0, 0.05) is 11.4 Å². The van der Waals surface area contributed by atoms with Crippen molar-refractivity contribution in [3.05, 3.63) is 14.0 Å². The van der Waals surface area contributed by atoms with Crippen molar-refractivity contribution >= 4 is 55.7 Å². The second kappa shape index (κ2) is 5.03. The minimum Gasteiger partial charge on any atom is -0.480 e. The van der Waals surface area contributed by atoms with E-state index in [0.717, 1.165) is 32.2 Å². The molecule has 0 bridgehead atoms. The van der Waals surface area contributed by atoms with E-state index in [1.807, 2.05) is 6.92 Å². The van der Waals surface area contributed by atoms with E-state index in [1.54, 1.807) is 7.11 Å². The van der Waals surface area contributed by atoms with E-state index in [1.165, 1.54) is 11.3 Å². The van der Waals surface area contributed by atoms with Gasteiger partial charge in [0.25, 0.3) is 5.91 Å². The third-order valence-corrected chi connectivity index (χ3v) is 5.70. The monoisotopic (exact) mass is 403 g/mol. The summed E-state index contributed by atoms with van der Waals surface area (Å²) in [5.74, 6) is 0.479. The van der Waals surface area contributed by atoms with Gasteiger partial charge in [0.15, 0.2) is 0 Å². The second-order valence-corrected chi connectivity index (χ2v) is 6.91. The summed E-state index contributed by atoms with van der Waals surface area (Å²) < 4.78 is 6.19. The standard InChI is InChI=1S/C13H14IN3O2S/c1-5-7-9(15)10(11(18)16-6-3-4-6)20-13(7)17-12(19-2)8(5)14/h6H,3-4,15H2,1-2H3,(H,16,18). The van der Waals surface area contributed by atoms with Gasteiger partial charge in [-0.2, -0.15) is 0 Å². The van der Waals surface area contributed by atoms with Crippen LogP contribution in [0.2, 0.25) is 0 Å². The number of nitrogen functional groups attached to an aromatic ring is 1. The number of thiophene rings is 1. The molecule has 0 aliphatic heterocycles. The Bertz CT molecular complexity index is 709. The Balaban J connectivity index is 2.13. The minimum atomic E-state index is -0.0959. The molecule has 1 saturated carbocycles. The van der Waals surface area contributed by atoms with Gasteiger partial charge in [-0.05, 0) is 47.9 Å². The number of fused-ring (bicyclic) bond motifs is 1. The lowest BCUT2D eigenvalue weighted by Gasteiger charge is -2.06. The predicted octanol–water partition coefficient (Wildman–Crippen LogP) is 2.69. The number of carbonyl (C=O) groups excluding carboxylic acids is 1. The fraction of sp³-hybridized carbons (Fsp3) is 0.385. The molecular weight excluding hydrogens is 389 g/mol. The molecule has 1 aliphatic carbocycles. The number of methoxy groups -OCH3 is 1. The van der Waals surface area contributed by atoms with E-state index in [-0.39, 0.29) is 5.91 Å². The highest BCUT2D eigenvalue weighted by molar-refractivity contribution is 14.1. The number of aromatic nitrogens is 1. The average molecular weight is 403 g/mol. The summed E-state index contributed by atoms with van der Waals surface area (Å²) in [6.45, 7) is 1.97. The van der Waals surface area contributed by atoms with Crippen molar-refractivity contribution in [1.82, 2.24) is 10.3 Å². The van der Waals surface area contributed by atoms with Crippen LogP contribution in [0.5, 0.6) is 5.88 Å². The highest BCUT2D eigenvalue weighted by Crippen LogP contribution is 2.39. The van der Waals surface area contributed by atoms with Crippen molar-refractivity contribution in [1.29, 1.82) is 0 Å². The number of hydrogen-bond donors (Lipinski definition) is 2. The van der Waals surface area contributed by atoms with Crippen molar-refractivity contribution in [3.8, 4) is 5.88 Å². The van der Waals surface area contributed by atoms with Crippen LogP contribution in [0.1, 0.15) is 28.1 Å². The third-order valence-electron chi connectivity index (χ3n) is 3.33. The van der Waals surface area contributed by atoms with E-state index >= 15 is 0 Å². The third kappa shape index (κ3) is 2.22. The molecule has 7 heteroatoms. The second-order valence-electron chi connectivity index (χ2n) is 4.83. The Labute approximate surface area is 134 Å². The number of nitrogens with two attached hydrogens (primary N) is 1. The summed E-state index contributed by atoms with van der Waals surface area (Å²) in [5, 5.41) is 3.83. The average Bonchev–Trinajstić information content (AvgIpc) is 3.16. The van der Waals surface area contributed by atoms with Crippen LogP contribution < -0.4 is 15.8 Å². The first kappa shape index (κ1) is 13.9. The SMILES string of the molecule is COc1nc2sc(C(=O)NC3CC3)c(N)c2c(C)c1I. The van der Waals surface area contributed by atoms with Crippen molar-refractivity contribution in [3.63, 3.8) is 0 Å². The molecule has 0 atom stereocenters. The number of nitrogens with zero attached hydrogens (tertiary/aromatic N) is 1. The summed E-state index contributed by atoms with van der Waals surface area (Å²) in [5.41, 5.74) is 7.69. The molecule has 3 N–H and O–H groups in total. The predicted molar refractivity (Wildman–Crippen MR) is 88.5 cm³/mol. The molecule has 20 heavy (non-hydrogen) atoms. The zero-order chi connectivity index (χ0) is 14.4. The molecule has 0 saturated heterocycles. The van der Waals surface area contributed by atoms with Gasteiger partial charge in [-0.3, -0.25) is 4.79 Å². The fourth-order valence-corrected chi connectivity index (χ4v) is 3.73. The lowest BCUT2D eigenvalue weighted by molar-refractivity contribution is 0.0956. The number of aryl methyl sites for hydroxylation is 1. The Morgan fingerprint density at radius 3 is 2.85 bits per heavy atom. The lowest BCUT2D eigenvalue weighted by Crippen LogP contribution is -2.25. The van der Waals surface area contributed by atoms with Gasteiger partial charge in [-0.15, -0.1) is 11.3 Å². The molecule has 2 aromatic heterocycles. The maximum Gasteiger partial charge on any atom is 0.263 e. The molecule has 106 valence electrons. The number of hydrogen-bond acceptors (Lipinski definition) is 5. The normalized spacial score (nSPS) is 14.6. The van der Waals surface area contributed by atoms with Crippen LogP contribution in [0, 0.1) is 10.5 Å². The Morgan fingerprint density at radius 1 is 1.55 bits per heavy atom. The van der Waals surface area contributed by atoms with Crippen LogP contribution in [0.25, 0.3) is 10.2 Å². The van der Waals surface area contributed by atoms with E-state index in [9.17, 15) is 4.79 Å². The van der Waals surface area contributed by atoms with Crippen LogP contribution in [0.15, 0.2) is 0 Å². The van der Waals surface area contributed by atoms with Crippen LogP contribution in [0.3, 0.4) is 0 Å². The molecular formula is C13H14IN3O2S. The smallest absolute Gasteiger partial charge is 0.263 e. The molecule has 1 amide bonds. The number of pyridine rings is 1. The van der Waals surface area contributed by atoms with E-state index < -0.39 is 0 Å². The quantitative estimate of drug-likeness (QED) is 0.773. The number of halogens is 1. The van der Waals surface area contributed by atoms with Crippen molar-refractivity contribution in [2.45, 2.75) is 25.8 Å². The highest BCUT2D eigenvalue weighted by Gasteiger charge is 2.27. The minimum absolute atomic E-state index is 0.0959. The zero-order valence-corrected chi connectivity index (χ0v) is 14.1. The topological polar surface area (TPSA) is 77.2 Å². The molecule has 2 heterocycles. The lowest BCUT2D eigenvalue weighted by atomic mass is 10.1. The first-order chi connectivity index (χ1) is 9.52. The van der Waals surface area contributed by atoms with Gasteiger partial charge in [-0.25, -0.2) is 4.98 Å². The maximum atomic E-state index is 12.2. The van der Waals surface area contributed by atoms with E-state index in [2.05, 4.69) is 32.9 Å². The highest BCUT2D eigenvalue weighted by atomic mass is 127. The summed E-state index contributed by atoms with van der Waals surface area (Å²) in [7, 11) is 1.59. The number of amides is 1. The first-order valence-electron chi connectivity index (χ1n) is 6.25. The number of anilines is 1. The van der Waals surface area contributed by atoms with Crippen molar-refractivity contribution < 1.29 is 9.53 Å². The molecule has 3 rings (SSSR count). The Kier molecular flexibility index (Phi) is 3.49. The largest absolute Gasteiger partial charge is 0.480 e. The molecule has 0 spiro atoms. The van der Waals surface area contributed by atoms with Crippen LogP contribution in [-0.4, -0.2) is 24.0 Å². The maximum absolute atomic E-state index is 12.2. The van der Waals surface area contributed by atoms with E-state index in [4.69, 9.17) is 10.5 Å². The first-order valence-corrected chi connectivity index (χ1v) is 8.15. The molecule has 0 aromatic carbocycles. The molecule has 1 fully saturated rings. The van der Waals surface area contributed by atoms with Gasteiger partial charge >= 0.3 is 0 Å². The van der Waals surface area contributed by atoms with E-state index in [0.29, 0.717) is 22.5 Å². The van der Waals surface area contributed by atoms with Gasteiger partial charge in [0.1, 0.15) is 9.71 Å². The Hall–Kier alpha value is -1.09. The summed E-state index contributed by atoms with van der Waals surface area (Å²) in [6.07, 6.45) is 2.11.